The average Bonchev–Trinajstić information content (AvgIpc) is 2.96. The maximum absolute atomic E-state index is 12.7. The summed E-state index contributed by atoms with van der Waals surface area (Å²) in [7, 11) is 0. The lowest BCUT2D eigenvalue weighted by atomic mass is 10.1. The van der Waals surface area contributed by atoms with Crippen molar-refractivity contribution in [2.45, 2.75) is 59.4 Å². The smallest absolute Gasteiger partial charge is 0.223 e. The summed E-state index contributed by atoms with van der Waals surface area (Å²) in [6.07, 6.45) is 3.56. The van der Waals surface area contributed by atoms with E-state index >= 15 is 0 Å². The van der Waals surface area contributed by atoms with Gasteiger partial charge in [0.05, 0.1) is 31.5 Å². The van der Waals surface area contributed by atoms with Crippen molar-refractivity contribution in [1.82, 2.24) is 14.5 Å². The van der Waals surface area contributed by atoms with Crippen LogP contribution in [0.5, 0.6) is 0 Å². The summed E-state index contributed by atoms with van der Waals surface area (Å²) in [5.74, 6) is 0.755. The van der Waals surface area contributed by atoms with Crippen LogP contribution in [0.4, 0.5) is 0 Å². The third kappa shape index (κ3) is 4.94. The Morgan fingerprint density at radius 2 is 2.12 bits per heavy atom. The molecule has 0 aromatic carbocycles. The van der Waals surface area contributed by atoms with E-state index in [0.29, 0.717) is 32.0 Å². The number of fused-ring (bicyclic) bond motifs is 1. The second-order valence-corrected chi connectivity index (χ2v) is 7.56. The molecule has 0 N–H and O–H groups in total. The minimum Gasteiger partial charge on any atom is -0.368 e. The first-order valence-corrected chi connectivity index (χ1v) is 9.47. The summed E-state index contributed by atoms with van der Waals surface area (Å²) in [6, 6.07) is 10.1. The fraction of sp³-hybridized carbons (Fsp3) is 0.524. The van der Waals surface area contributed by atoms with E-state index < -0.39 is 0 Å². The van der Waals surface area contributed by atoms with Gasteiger partial charge < -0.3 is 14.2 Å². The molecule has 2 aromatic rings. The highest BCUT2D eigenvalue weighted by atomic mass is 16.5. The fourth-order valence-electron chi connectivity index (χ4n) is 3.30. The van der Waals surface area contributed by atoms with Gasteiger partial charge in [0.1, 0.15) is 0 Å². The van der Waals surface area contributed by atoms with Gasteiger partial charge in [-0.15, -0.1) is 0 Å². The number of pyridine rings is 1. The van der Waals surface area contributed by atoms with Crippen LogP contribution in [0.25, 0.3) is 0 Å². The van der Waals surface area contributed by atoms with E-state index in [1.807, 2.05) is 36.1 Å². The fourth-order valence-corrected chi connectivity index (χ4v) is 3.30. The molecule has 26 heavy (non-hydrogen) atoms. The largest absolute Gasteiger partial charge is 0.368 e. The highest BCUT2D eigenvalue weighted by Gasteiger charge is 2.25. The SMILES string of the molecule is Cc1cccc(COC2CN(C(=O)CCC(C)C)Cc3cccn3C2)n1. The Kier molecular flexibility index (Phi) is 6.09. The van der Waals surface area contributed by atoms with E-state index in [1.165, 1.54) is 5.69 Å². The van der Waals surface area contributed by atoms with Crippen molar-refractivity contribution in [3.63, 3.8) is 0 Å². The molecule has 0 bridgehead atoms. The minimum absolute atomic E-state index is 0.0334. The summed E-state index contributed by atoms with van der Waals surface area (Å²) in [5, 5.41) is 0. The summed E-state index contributed by atoms with van der Waals surface area (Å²) in [4.78, 5) is 19.2. The Balaban J connectivity index is 1.67. The van der Waals surface area contributed by atoms with E-state index in [2.05, 4.69) is 35.7 Å². The van der Waals surface area contributed by atoms with Crippen LogP contribution in [0, 0.1) is 12.8 Å². The molecule has 0 aliphatic carbocycles. The topological polar surface area (TPSA) is 47.4 Å². The van der Waals surface area contributed by atoms with Gasteiger partial charge in [-0.2, -0.15) is 0 Å². The van der Waals surface area contributed by atoms with Gasteiger partial charge in [-0.1, -0.05) is 19.9 Å². The number of ether oxygens (including phenoxy) is 1. The summed E-state index contributed by atoms with van der Waals surface area (Å²) in [6.45, 7) is 8.82. The Morgan fingerprint density at radius 3 is 2.88 bits per heavy atom. The Hall–Kier alpha value is -2.14. The van der Waals surface area contributed by atoms with Crippen molar-refractivity contribution in [3.8, 4) is 0 Å². The monoisotopic (exact) mass is 355 g/mol. The Morgan fingerprint density at radius 1 is 1.27 bits per heavy atom. The minimum atomic E-state index is -0.0334. The normalized spacial score (nSPS) is 17.2. The molecule has 0 saturated carbocycles. The average molecular weight is 355 g/mol. The zero-order valence-electron chi connectivity index (χ0n) is 16.0. The van der Waals surface area contributed by atoms with E-state index in [-0.39, 0.29) is 12.0 Å². The van der Waals surface area contributed by atoms with Crippen LogP contribution in [0.3, 0.4) is 0 Å². The van der Waals surface area contributed by atoms with E-state index in [9.17, 15) is 4.79 Å². The van der Waals surface area contributed by atoms with Crippen LogP contribution in [-0.4, -0.2) is 33.0 Å². The number of nitrogens with zero attached hydrogens (tertiary/aromatic N) is 3. The van der Waals surface area contributed by atoms with Crippen molar-refractivity contribution < 1.29 is 9.53 Å². The van der Waals surface area contributed by atoms with Crippen LogP contribution in [-0.2, 0) is 29.2 Å². The molecule has 1 amide bonds. The molecule has 0 saturated heterocycles. The first kappa shape index (κ1) is 18.6. The number of hydrogen-bond donors (Lipinski definition) is 0. The van der Waals surface area contributed by atoms with Crippen LogP contribution in [0.1, 0.15) is 43.8 Å². The second kappa shape index (κ2) is 8.49. The molecule has 5 nitrogen and oxygen atoms in total. The molecule has 1 aliphatic heterocycles. The highest BCUT2D eigenvalue weighted by molar-refractivity contribution is 5.76. The van der Waals surface area contributed by atoms with Gasteiger partial charge in [0, 0.05) is 30.6 Å². The zero-order valence-corrected chi connectivity index (χ0v) is 16.0. The molecule has 5 heteroatoms. The van der Waals surface area contributed by atoms with Crippen molar-refractivity contribution in [2.24, 2.45) is 5.92 Å². The Bertz CT molecular complexity index is 738. The quantitative estimate of drug-likeness (QED) is 0.796. The molecule has 0 radical (unpaired) electrons. The molecule has 0 spiro atoms. The molecule has 3 heterocycles. The van der Waals surface area contributed by atoms with Gasteiger partial charge in [-0.25, -0.2) is 0 Å². The number of carbonyl (C=O) groups is 1. The molecular weight excluding hydrogens is 326 g/mol. The molecule has 2 aromatic heterocycles. The van der Waals surface area contributed by atoms with Gasteiger partial charge in [0.2, 0.25) is 5.91 Å². The van der Waals surface area contributed by atoms with Crippen LogP contribution in [0.2, 0.25) is 0 Å². The first-order valence-electron chi connectivity index (χ1n) is 9.47. The van der Waals surface area contributed by atoms with Crippen LogP contribution < -0.4 is 0 Å². The maximum Gasteiger partial charge on any atom is 0.223 e. The van der Waals surface area contributed by atoms with E-state index in [1.54, 1.807) is 0 Å². The summed E-state index contributed by atoms with van der Waals surface area (Å²) < 4.78 is 8.36. The van der Waals surface area contributed by atoms with Crippen molar-refractivity contribution in [2.75, 3.05) is 6.54 Å². The third-order valence-electron chi connectivity index (χ3n) is 4.80. The molecular formula is C21H29N3O2. The highest BCUT2D eigenvalue weighted by Crippen LogP contribution is 2.18. The van der Waals surface area contributed by atoms with Gasteiger partial charge >= 0.3 is 0 Å². The zero-order chi connectivity index (χ0) is 18.5. The van der Waals surface area contributed by atoms with Gasteiger partial charge in [0.15, 0.2) is 0 Å². The summed E-state index contributed by atoms with van der Waals surface area (Å²) >= 11 is 0. The lowest BCUT2D eigenvalue weighted by Gasteiger charge is -2.25. The molecule has 0 fully saturated rings. The third-order valence-corrected chi connectivity index (χ3v) is 4.80. The number of carbonyl (C=O) groups excluding carboxylic acids is 1. The van der Waals surface area contributed by atoms with E-state index in [4.69, 9.17) is 4.74 Å². The number of aryl methyl sites for hydroxylation is 1. The van der Waals surface area contributed by atoms with Crippen LogP contribution in [0.15, 0.2) is 36.5 Å². The van der Waals surface area contributed by atoms with Gasteiger partial charge in [-0.3, -0.25) is 9.78 Å². The lowest BCUT2D eigenvalue weighted by Crippen LogP contribution is -2.37. The summed E-state index contributed by atoms with van der Waals surface area (Å²) in [5.41, 5.74) is 3.09. The van der Waals surface area contributed by atoms with Crippen molar-refractivity contribution in [1.29, 1.82) is 0 Å². The van der Waals surface area contributed by atoms with Crippen molar-refractivity contribution >= 4 is 5.91 Å². The predicted octanol–water partition coefficient (Wildman–Crippen LogP) is 3.56. The number of amides is 1. The van der Waals surface area contributed by atoms with Gasteiger partial charge in [-0.05, 0) is 43.5 Å². The maximum atomic E-state index is 12.7. The van der Waals surface area contributed by atoms with E-state index in [0.717, 1.165) is 24.4 Å². The number of rotatable bonds is 6. The van der Waals surface area contributed by atoms with Crippen LogP contribution >= 0.6 is 0 Å². The number of hydrogen-bond acceptors (Lipinski definition) is 3. The predicted molar refractivity (Wildman–Crippen MR) is 101 cm³/mol. The second-order valence-electron chi connectivity index (χ2n) is 7.56. The molecule has 1 aliphatic rings. The molecule has 1 unspecified atom stereocenters. The molecule has 140 valence electrons. The first-order chi connectivity index (χ1) is 12.5. The molecule has 3 rings (SSSR count). The standard InChI is InChI=1S/C21H29N3O2/c1-16(2)9-10-21(25)24-12-19-8-5-11-23(19)13-20(14-24)26-15-18-7-4-6-17(3)22-18/h4-8,11,16,20H,9-10,12-15H2,1-3H3. The van der Waals surface area contributed by atoms with Gasteiger partial charge in [0.25, 0.3) is 0 Å². The lowest BCUT2D eigenvalue weighted by molar-refractivity contribution is -0.134. The van der Waals surface area contributed by atoms with Crippen molar-refractivity contribution in [3.05, 3.63) is 53.6 Å². The Labute approximate surface area is 156 Å². The molecule has 1 atom stereocenters. The number of aromatic nitrogens is 2.